The minimum atomic E-state index is 0.133. The molecule has 4 rings (SSSR count). The number of benzene rings is 1. The highest BCUT2D eigenvalue weighted by Crippen LogP contribution is 2.36. The van der Waals surface area contributed by atoms with Crippen molar-refractivity contribution >= 4 is 50.2 Å². The lowest BCUT2D eigenvalue weighted by Crippen LogP contribution is -2.35. The number of nitrogens with one attached hydrogen (secondary N) is 2. The second kappa shape index (κ2) is 14.4. The molecular formula is C28H38N4O2S3. The van der Waals surface area contributed by atoms with Gasteiger partial charge in [-0.3, -0.25) is 9.69 Å². The second-order valence-electron chi connectivity index (χ2n) is 9.55. The predicted octanol–water partition coefficient (Wildman–Crippen LogP) is 6.49. The van der Waals surface area contributed by atoms with Crippen LogP contribution >= 0.6 is 33.3 Å². The number of pyridine rings is 1. The third-order valence-corrected chi connectivity index (χ3v) is 10.0. The summed E-state index contributed by atoms with van der Waals surface area (Å²) in [7, 11) is 3.29. The van der Waals surface area contributed by atoms with Crippen molar-refractivity contribution in [2.45, 2.75) is 62.0 Å². The number of rotatable bonds is 13. The van der Waals surface area contributed by atoms with Gasteiger partial charge in [0.1, 0.15) is 10.8 Å². The largest absolute Gasteiger partial charge is 0.508 e. The van der Waals surface area contributed by atoms with Gasteiger partial charge in [-0.05, 0) is 91.6 Å². The van der Waals surface area contributed by atoms with Gasteiger partial charge in [-0.2, -0.15) is 0 Å². The van der Waals surface area contributed by atoms with Gasteiger partial charge in [-0.15, -0.1) is 11.8 Å². The van der Waals surface area contributed by atoms with Crippen LogP contribution in [0.3, 0.4) is 0 Å². The molecule has 3 aromatic rings. The number of hydrogen-bond donors (Lipinski definition) is 3. The van der Waals surface area contributed by atoms with Crippen LogP contribution in [0.15, 0.2) is 46.6 Å². The van der Waals surface area contributed by atoms with Gasteiger partial charge in [0.25, 0.3) is 0 Å². The normalized spacial score (nSPS) is 14.9. The molecule has 1 aliphatic rings. The highest BCUT2D eigenvalue weighted by Gasteiger charge is 2.22. The van der Waals surface area contributed by atoms with Crippen LogP contribution in [-0.4, -0.2) is 57.5 Å². The fourth-order valence-electron chi connectivity index (χ4n) is 4.97. The number of aromatic hydroxyl groups is 1. The number of phenolic OH excluding ortho intramolecular Hbond substituents is 1. The molecule has 3 N–H and O–H groups in total. The molecule has 1 fully saturated rings. The Labute approximate surface area is 232 Å². The molecule has 6 nitrogen and oxygen atoms in total. The Morgan fingerprint density at radius 2 is 2.05 bits per heavy atom. The Morgan fingerprint density at radius 3 is 2.78 bits per heavy atom. The number of aromatic amines is 1. The van der Waals surface area contributed by atoms with E-state index in [1.807, 2.05) is 24.3 Å². The molecule has 1 saturated heterocycles. The molecule has 0 bridgehead atoms. The van der Waals surface area contributed by atoms with Crippen molar-refractivity contribution in [3.63, 3.8) is 0 Å². The standard InChI is InChI=1S/C28H38N4O2S3/c1-3-6-22-21-8-9-24(33)23(27(21)31-28(22)35-2)19-32-16-11-20(12-17-32)10-15-29-25(34)13-18-36-37-26-7-4-5-14-30-26/h4-5,7-9,14,20,31,33H,3,6,10-13,15-19H2,1-2H3,(H,29,34). The molecule has 1 aliphatic heterocycles. The molecule has 0 aliphatic carbocycles. The molecule has 200 valence electrons. The Balaban J connectivity index is 1.18. The SMILES string of the molecule is CCCc1c(SC)[nH]c2c(CN3CCC(CCNC(=O)CCSSc4ccccn4)CC3)c(O)ccc12. The minimum absolute atomic E-state index is 0.133. The highest BCUT2D eigenvalue weighted by molar-refractivity contribution is 8.76. The van der Waals surface area contributed by atoms with Crippen LogP contribution in [0.2, 0.25) is 0 Å². The lowest BCUT2D eigenvalue weighted by molar-refractivity contribution is -0.120. The number of likely N-dealkylation sites (tertiary alicyclic amines) is 1. The lowest BCUT2D eigenvalue weighted by Gasteiger charge is -2.32. The molecule has 37 heavy (non-hydrogen) atoms. The molecule has 2 aromatic heterocycles. The summed E-state index contributed by atoms with van der Waals surface area (Å²) >= 11 is 1.75. The second-order valence-corrected chi connectivity index (χ2v) is 12.8. The van der Waals surface area contributed by atoms with Crippen LogP contribution in [0.1, 0.15) is 50.2 Å². The Morgan fingerprint density at radius 1 is 1.22 bits per heavy atom. The van der Waals surface area contributed by atoms with Crippen molar-refractivity contribution in [1.82, 2.24) is 20.2 Å². The van der Waals surface area contributed by atoms with Crippen molar-refractivity contribution < 1.29 is 9.90 Å². The summed E-state index contributed by atoms with van der Waals surface area (Å²) < 4.78 is 0. The molecule has 1 amide bonds. The first-order valence-electron chi connectivity index (χ1n) is 13.2. The van der Waals surface area contributed by atoms with E-state index in [4.69, 9.17) is 0 Å². The first kappa shape index (κ1) is 28.2. The number of piperidine rings is 1. The van der Waals surface area contributed by atoms with Gasteiger partial charge in [0.05, 0.1) is 10.5 Å². The number of carbonyl (C=O) groups is 1. The molecule has 9 heteroatoms. The van der Waals surface area contributed by atoms with Gasteiger partial charge < -0.3 is 15.4 Å². The third kappa shape index (κ3) is 7.85. The molecule has 1 aromatic carbocycles. The average molecular weight is 559 g/mol. The van der Waals surface area contributed by atoms with E-state index in [2.05, 4.69) is 39.4 Å². The maximum Gasteiger partial charge on any atom is 0.220 e. The fourth-order valence-corrected chi connectivity index (χ4v) is 7.50. The van der Waals surface area contributed by atoms with E-state index in [1.54, 1.807) is 39.5 Å². The maximum atomic E-state index is 12.2. The van der Waals surface area contributed by atoms with Gasteiger partial charge in [0, 0.05) is 42.4 Å². The van der Waals surface area contributed by atoms with Crippen molar-refractivity contribution in [1.29, 1.82) is 0 Å². The highest BCUT2D eigenvalue weighted by atomic mass is 33.1. The summed E-state index contributed by atoms with van der Waals surface area (Å²) in [5.74, 6) is 1.93. The zero-order chi connectivity index (χ0) is 26.0. The number of aryl methyl sites for hydroxylation is 1. The van der Waals surface area contributed by atoms with Crippen LogP contribution < -0.4 is 5.32 Å². The number of phenols is 1. The summed E-state index contributed by atoms with van der Waals surface area (Å²) in [6, 6.07) is 9.79. The first-order valence-corrected chi connectivity index (χ1v) is 16.7. The Kier molecular flexibility index (Phi) is 11.0. The van der Waals surface area contributed by atoms with Crippen LogP contribution in [0.25, 0.3) is 10.9 Å². The summed E-state index contributed by atoms with van der Waals surface area (Å²) in [5.41, 5.74) is 3.48. The smallest absolute Gasteiger partial charge is 0.220 e. The topological polar surface area (TPSA) is 81.2 Å². The van der Waals surface area contributed by atoms with Crippen molar-refractivity contribution in [3.8, 4) is 5.75 Å². The van der Waals surface area contributed by atoms with E-state index in [1.165, 1.54) is 16.0 Å². The van der Waals surface area contributed by atoms with Crippen molar-refractivity contribution in [2.24, 2.45) is 5.92 Å². The summed E-state index contributed by atoms with van der Waals surface area (Å²) in [6.45, 7) is 5.77. The molecule has 0 radical (unpaired) electrons. The van der Waals surface area contributed by atoms with E-state index < -0.39 is 0 Å². The van der Waals surface area contributed by atoms with E-state index in [9.17, 15) is 9.90 Å². The Bertz CT molecular complexity index is 1150. The van der Waals surface area contributed by atoms with Gasteiger partial charge in [0.15, 0.2) is 0 Å². The zero-order valence-electron chi connectivity index (χ0n) is 21.8. The van der Waals surface area contributed by atoms with Gasteiger partial charge in [-0.1, -0.05) is 30.2 Å². The molecule has 0 spiro atoms. The predicted molar refractivity (Wildman–Crippen MR) is 159 cm³/mol. The van der Waals surface area contributed by atoms with Crippen LogP contribution in [0.4, 0.5) is 0 Å². The van der Waals surface area contributed by atoms with E-state index >= 15 is 0 Å². The van der Waals surface area contributed by atoms with Crippen LogP contribution in [0, 0.1) is 5.92 Å². The molecule has 3 heterocycles. The number of thioether (sulfide) groups is 1. The summed E-state index contributed by atoms with van der Waals surface area (Å²) in [6.07, 6.45) is 9.88. The van der Waals surface area contributed by atoms with Crippen LogP contribution in [0.5, 0.6) is 5.75 Å². The number of fused-ring (bicyclic) bond motifs is 1. The minimum Gasteiger partial charge on any atom is -0.508 e. The molecule has 0 unspecified atom stereocenters. The molecule has 0 saturated carbocycles. The zero-order valence-corrected chi connectivity index (χ0v) is 24.2. The van der Waals surface area contributed by atoms with Gasteiger partial charge >= 0.3 is 0 Å². The number of carbonyl (C=O) groups excluding carboxylic acids is 1. The van der Waals surface area contributed by atoms with Crippen molar-refractivity contribution in [2.75, 3.05) is 31.6 Å². The van der Waals surface area contributed by atoms with Gasteiger partial charge in [-0.25, -0.2) is 4.98 Å². The van der Waals surface area contributed by atoms with E-state index in [0.717, 1.165) is 80.1 Å². The van der Waals surface area contributed by atoms with Gasteiger partial charge in [0.2, 0.25) is 5.91 Å². The lowest BCUT2D eigenvalue weighted by atomic mass is 9.93. The first-order chi connectivity index (χ1) is 18.1. The Hall–Kier alpha value is -1.81. The summed E-state index contributed by atoms with van der Waals surface area (Å²) in [4.78, 5) is 22.5. The maximum absolute atomic E-state index is 12.2. The number of amides is 1. The van der Waals surface area contributed by atoms with E-state index in [-0.39, 0.29) is 5.91 Å². The third-order valence-electron chi connectivity index (χ3n) is 6.99. The van der Waals surface area contributed by atoms with Crippen molar-refractivity contribution in [3.05, 3.63) is 47.7 Å². The quantitative estimate of drug-likeness (QED) is 0.126. The monoisotopic (exact) mass is 558 g/mol. The number of H-pyrrole nitrogens is 1. The number of aromatic nitrogens is 2. The number of nitrogens with zero attached hydrogens (tertiary/aromatic N) is 2. The summed E-state index contributed by atoms with van der Waals surface area (Å²) in [5, 5.41) is 17.2. The average Bonchev–Trinajstić information content (AvgIpc) is 3.27. The fraction of sp³-hybridized carbons (Fsp3) is 0.500. The van der Waals surface area contributed by atoms with Crippen LogP contribution in [-0.2, 0) is 17.8 Å². The van der Waals surface area contributed by atoms with E-state index in [0.29, 0.717) is 18.1 Å². The molecular weight excluding hydrogens is 521 g/mol. The molecule has 0 atom stereocenters. The number of hydrogen-bond acceptors (Lipinski definition) is 7.